The minimum Gasteiger partial charge on any atom is -0.326 e. The maximum Gasteiger partial charge on any atom is 0.276 e. The molecule has 2 N–H and O–H groups in total. The second kappa shape index (κ2) is 8.73. The number of H-pyrrole nitrogens is 1. The maximum absolute atomic E-state index is 13.0. The van der Waals surface area contributed by atoms with E-state index in [0.717, 1.165) is 28.2 Å². The van der Waals surface area contributed by atoms with E-state index in [-0.39, 0.29) is 17.9 Å². The number of carbonyl (C=O) groups is 1. The van der Waals surface area contributed by atoms with Gasteiger partial charge in [0.1, 0.15) is 0 Å². The lowest BCUT2D eigenvalue weighted by Crippen LogP contribution is -2.19. The van der Waals surface area contributed by atoms with Crippen LogP contribution in [0.15, 0.2) is 58.7 Å². The smallest absolute Gasteiger partial charge is 0.276 e. The Bertz CT molecular complexity index is 1280. The summed E-state index contributed by atoms with van der Waals surface area (Å²) in [7, 11) is 0. The molecular weight excluding hydrogens is 408 g/mol. The van der Waals surface area contributed by atoms with Crippen molar-refractivity contribution in [1.82, 2.24) is 14.8 Å². The van der Waals surface area contributed by atoms with Crippen LogP contribution in [0.3, 0.4) is 0 Å². The summed E-state index contributed by atoms with van der Waals surface area (Å²) in [5, 5.41) is 8.53. The fourth-order valence-electron chi connectivity index (χ4n) is 3.40. The second-order valence-corrected chi connectivity index (χ2v) is 8.42. The molecule has 0 aliphatic heterocycles. The summed E-state index contributed by atoms with van der Waals surface area (Å²) in [6.45, 7) is 5.89. The third-order valence-electron chi connectivity index (χ3n) is 5.34. The summed E-state index contributed by atoms with van der Waals surface area (Å²) in [4.78, 5) is 30.0. The monoisotopic (exact) mass is 432 g/mol. The third kappa shape index (κ3) is 4.51. The number of rotatable bonds is 6. The standard InChI is InChI=1S/C24H24N4O2S/c1-15-9-10-19(13-16(15)2)25-22(29)12-11-20-17(3)27-28(23(20)30)24-26-21(14-31-24)18-7-5-4-6-8-18/h4-10,13-14,27H,11-12H2,1-3H3,(H,25,29). The van der Waals surface area contributed by atoms with E-state index in [4.69, 9.17) is 0 Å². The van der Waals surface area contributed by atoms with E-state index < -0.39 is 0 Å². The van der Waals surface area contributed by atoms with Crippen LogP contribution >= 0.6 is 11.3 Å². The van der Waals surface area contributed by atoms with Crippen molar-refractivity contribution in [3.63, 3.8) is 0 Å². The van der Waals surface area contributed by atoms with Crippen LogP contribution in [-0.2, 0) is 11.2 Å². The minimum absolute atomic E-state index is 0.115. The van der Waals surface area contributed by atoms with Gasteiger partial charge in [0.2, 0.25) is 11.0 Å². The van der Waals surface area contributed by atoms with E-state index >= 15 is 0 Å². The third-order valence-corrected chi connectivity index (χ3v) is 6.16. The molecule has 0 atom stereocenters. The molecule has 2 heterocycles. The topological polar surface area (TPSA) is 79.8 Å². The molecule has 0 spiro atoms. The fraction of sp³-hybridized carbons (Fsp3) is 0.208. The van der Waals surface area contributed by atoms with Crippen molar-refractivity contribution in [1.29, 1.82) is 0 Å². The number of aryl methyl sites for hydroxylation is 3. The van der Waals surface area contributed by atoms with Crippen LogP contribution in [-0.4, -0.2) is 20.7 Å². The minimum atomic E-state index is -0.162. The van der Waals surface area contributed by atoms with Gasteiger partial charge in [-0.05, 0) is 50.5 Å². The van der Waals surface area contributed by atoms with Crippen molar-refractivity contribution in [2.75, 3.05) is 5.32 Å². The molecule has 4 rings (SSSR count). The number of amides is 1. The zero-order chi connectivity index (χ0) is 22.0. The Hall–Kier alpha value is -3.45. The molecule has 1 amide bonds. The molecule has 6 nitrogen and oxygen atoms in total. The van der Waals surface area contributed by atoms with Crippen LogP contribution in [0.2, 0.25) is 0 Å². The Morgan fingerprint density at radius 3 is 2.61 bits per heavy atom. The summed E-state index contributed by atoms with van der Waals surface area (Å²) in [6.07, 6.45) is 0.593. The zero-order valence-corrected chi connectivity index (χ0v) is 18.5. The molecule has 0 aliphatic rings. The van der Waals surface area contributed by atoms with Gasteiger partial charge in [0.15, 0.2) is 0 Å². The van der Waals surface area contributed by atoms with Crippen molar-refractivity contribution >= 4 is 22.9 Å². The molecule has 0 fully saturated rings. The number of aromatic amines is 1. The van der Waals surface area contributed by atoms with Gasteiger partial charge in [-0.25, -0.2) is 4.98 Å². The van der Waals surface area contributed by atoms with Crippen LogP contribution in [0.25, 0.3) is 16.4 Å². The highest BCUT2D eigenvalue weighted by atomic mass is 32.1. The Kier molecular flexibility index (Phi) is 5.86. The van der Waals surface area contributed by atoms with Gasteiger partial charge >= 0.3 is 0 Å². The van der Waals surface area contributed by atoms with Gasteiger partial charge in [0.25, 0.3) is 5.56 Å². The first-order valence-corrected chi connectivity index (χ1v) is 11.0. The predicted octanol–water partition coefficient (Wildman–Crippen LogP) is 4.79. The molecule has 4 aromatic rings. The number of carbonyl (C=O) groups excluding carboxylic acids is 1. The van der Waals surface area contributed by atoms with Crippen LogP contribution in [0.5, 0.6) is 0 Å². The number of hydrogen-bond acceptors (Lipinski definition) is 4. The molecule has 0 radical (unpaired) electrons. The molecule has 31 heavy (non-hydrogen) atoms. The SMILES string of the molecule is Cc1ccc(NC(=O)CCc2c(C)[nH]n(-c3nc(-c4ccccc4)cs3)c2=O)cc1C. The highest BCUT2D eigenvalue weighted by Gasteiger charge is 2.16. The summed E-state index contributed by atoms with van der Waals surface area (Å²) >= 11 is 1.40. The van der Waals surface area contributed by atoms with Gasteiger partial charge in [-0.3, -0.25) is 14.7 Å². The highest BCUT2D eigenvalue weighted by Crippen LogP contribution is 2.23. The Balaban J connectivity index is 1.47. The first-order chi connectivity index (χ1) is 14.9. The van der Waals surface area contributed by atoms with E-state index in [1.165, 1.54) is 21.6 Å². The van der Waals surface area contributed by atoms with Crippen molar-refractivity contribution < 1.29 is 4.79 Å². The second-order valence-electron chi connectivity index (χ2n) is 7.58. The average Bonchev–Trinajstić information content (AvgIpc) is 3.35. The summed E-state index contributed by atoms with van der Waals surface area (Å²) in [5.74, 6) is -0.115. The number of nitrogens with zero attached hydrogens (tertiary/aromatic N) is 2. The van der Waals surface area contributed by atoms with Gasteiger partial charge in [0, 0.05) is 34.3 Å². The summed E-state index contributed by atoms with van der Waals surface area (Å²) in [5.41, 5.74) is 6.10. The number of aromatic nitrogens is 3. The number of anilines is 1. The van der Waals surface area contributed by atoms with Gasteiger partial charge in [-0.2, -0.15) is 4.68 Å². The molecule has 0 unspecified atom stereocenters. The van der Waals surface area contributed by atoms with Gasteiger partial charge in [-0.15, -0.1) is 11.3 Å². The van der Waals surface area contributed by atoms with Crippen molar-refractivity contribution in [3.8, 4) is 16.4 Å². The molecule has 2 aromatic heterocycles. The van der Waals surface area contributed by atoms with Crippen LogP contribution < -0.4 is 10.9 Å². The van der Waals surface area contributed by atoms with Crippen molar-refractivity contribution in [2.45, 2.75) is 33.6 Å². The summed E-state index contributed by atoms with van der Waals surface area (Å²) in [6, 6.07) is 15.7. The number of nitrogens with one attached hydrogen (secondary N) is 2. The molecule has 158 valence electrons. The summed E-state index contributed by atoms with van der Waals surface area (Å²) < 4.78 is 1.46. The normalized spacial score (nSPS) is 10.9. The van der Waals surface area contributed by atoms with E-state index in [1.807, 2.05) is 74.7 Å². The zero-order valence-electron chi connectivity index (χ0n) is 17.7. The number of hydrogen-bond donors (Lipinski definition) is 2. The molecular formula is C24H24N4O2S. The van der Waals surface area contributed by atoms with Crippen LogP contribution in [0.4, 0.5) is 5.69 Å². The van der Waals surface area contributed by atoms with Crippen LogP contribution in [0.1, 0.15) is 28.8 Å². The molecule has 0 saturated carbocycles. The lowest BCUT2D eigenvalue weighted by atomic mass is 10.1. The van der Waals surface area contributed by atoms with Crippen molar-refractivity contribution in [2.24, 2.45) is 0 Å². The first-order valence-electron chi connectivity index (χ1n) is 10.1. The average molecular weight is 433 g/mol. The van der Waals surface area contributed by atoms with E-state index in [1.54, 1.807) is 0 Å². The first kappa shape index (κ1) is 20.8. The number of benzene rings is 2. The number of thiazole rings is 1. The lowest BCUT2D eigenvalue weighted by Gasteiger charge is -2.07. The largest absolute Gasteiger partial charge is 0.326 e. The van der Waals surface area contributed by atoms with Gasteiger partial charge in [0.05, 0.1) is 5.69 Å². The molecule has 0 bridgehead atoms. The molecule has 7 heteroatoms. The van der Waals surface area contributed by atoms with E-state index in [9.17, 15) is 9.59 Å². The van der Waals surface area contributed by atoms with Gasteiger partial charge < -0.3 is 5.32 Å². The Morgan fingerprint density at radius 2 is 1.87 bits per heavy atom. The van der Waals surface area contributed by atoms with E-state index in [0.29, 0.717) is 17.1 Å². The van der Waals surface area contributed by atoms with E-state index in [2.05, 4.69) is 15.4 Å². The highest BCUT2D eigenvalue weighted by molar-refractivity contribution is 7.12. The van der Waals surface area contributed by atoms with Crippen molar-refractivity contribution in [3.05, 3.63) is 86.6 Å². The van der Waals surface area contributed by atoms with Gasteiger partial charge in [-0.1, -0.05) is 36.4 Å². The molecule has 0 saturated heterocycles. The maximum atomic E-state index is 13.0. The van der Waals surface area contributed by atoms with Crippen LogP contribution in [0, 0.1) is 20.8 Å². The Labute approximate surface area is 184 Å². The lowest BCUT2D eigenvalue weighted by molar-refractivity contribution is -0.116. The molecule has 2 aromatic carbocycles. The fourth-order valence-corrected chi connectivity index (χ4v) is 4.19. The Morgan fingerprint density at radius 1 is 1.10 bits per heavy atom. The molecule has 0 aliphatic carbocycles. The predicted molar refractivity (Wildman–Crippen MR) is 125 cm³/mol. The quantitative estimate of drug-likeness (QED) is 0.460.